The maximum atomic E-state index is 6.34. The van der Waals surface area contributed by atoms with Gasteiger partial charge in [-0.05, 0) is 42.8 Å². The maximum Gasteiger partial charge on any atom is 0.0547 e. The first kappa shape index (κ1) is 16.0. The summed E-state index contributed by atoms with van der Waals surface area (Å²) in [5, 5.41) is 0.786. The first-order valence-corrected chi connectivity index (χ1v) is 7.62. The van der Waals surface area contributed by atoms with Crippen LogP contribution in [0.25, 0.3) is 0 Å². The van der Waals surface area contributed by atoms with Gasteiger partial charge in [-0.15, -0.1) is 0 Å². The van der Waals surface area contributed by atoms with Gasteiger partial charge in [-0.3, -0.25) is 9.88 Å². The van der Waals surface area contributed by atoms with Crippen molar-refractivity contribution in [2.24, 2.45) is 5.73 Å². The van der Waals surface area contributed by atoms with E-state index in [4.69, 9.17) is 17.3 Å². The molecule has 0 amide bonds. The molecular weight excluding hydrogens is 282 g/mol. The molecule has 1 aromatic heterocycles. The van der Waals surface area contributed by atoms with Crippen LogP contribution in [-0.2, 0) is 19.6 Å². The van der Waals surface area contributed by atoms with Crippen LogP contribution in [0.2, 0.25) is 5.02 Å². The molecule has 2 rings (SSSR count). The molecule has 2 aromatic rings. The topological polar surface area (TPSA) is 42.2 Å². The fourth-order valence-corrected chi connectivity index (χ4v) is 2.55. The molecule has 0 fully saturated rings. The minimum Gasteiger partial charge on any atom is -0.326 e. The normalized spacial score (nSPS) is 11.1. The van der Waals surface area contributed by atoms with Crippen molar-refractivity contribution >= 4 is 11.6 Å². The predicted molar refractivity (Wildman–Crippen MR) is 88.1 cm³/mol. The molecule has 0 unspecified atom stereocenters. The zero-order valence-corrected chi connectivity index (χ0v) is 13.4. The maximum absolute atomic E-state index is 6.34. The van der Waals surface area contributed by atoms with E-state index < -0.39 is 0 Å². The van der Waals surface area contributed by atoms with Crippen LogP contribution in [0, 0.1) is 6.92 Å². The summed E-state index contributed by atoms with van der Waals surface area (Å²) >= 11 is 6.34. The van der Waals surface area contributed by atoms with Crippen LogP contribution in [0.1, 0.15) is 29.4 Å². The van der Waals surface area contributed by atoms with Gasteiger partial charge < -0.3 is 5.73 Å². The minimum absolute atomic E-state index is 0.519. The smallest absolute Gasteiger partial charge is 0.0547 e. The van der Waals surface area contributed by atoms with Crippen LogP contribution < -0.4 is 5.73 Å². The molecule has 21 heavy (non-hydrogen) atoms. The average molecular weight is 304 g/mol. The molecule has 4 heteroatoms. The summed E-state index contributed by atoms with van der Waals surface area (Å²) in [6.45, 7) is 7.28. The van der Waals surface area contributed by atoms with Gasteiger partial charge >= 0.3 is 0 Å². The zero-order valence-electron chi connectivity index (χ0n) is 12.6. The van der Waals surface area contributed by atoms with Crippen molar-refractivity contribution in [1.82, 2.24) is 9.88 Å². The molecule has 2 N–H and O–H groups in total. The number of rotatable bonds is 6. The highest BCUT2D eigenvalue weighted by molar-refractivity contribution is 6.31. The van der Waals surface area contributed by atoms with E-state index in [1.807, 2.05) is 25.1 Å². The number of aryl methyl sites for hydroxylation is 1. The van der Waals surface area contributed by atoms with Crippen molar-refractivity contribution in [2.45, 2.75) is 33.5 Å². The Hall–Kier alpha value is -1.42. The molecule has 1 heterocycles. The SMILES string of the molecule is CCN(Cc1cccc(C)n1)Cc1ccc(CN)cc1Cl. The Kier molecular flexibility index (Phi) is 5.74. The Morgan fingerprint density at radius 1 is 1.19 bits per heavy atom. The fourth-order valence-electron chi connectivity index (χ4n) is 2.28. The monoisotopic (exact) mass is 303 g/mol. The highest BCUT2D eigenvalue weighted by Gasteiger charge is 2.09. The minimum atomic E-state index is 0.519. The van der Waals surface area contributed by atoms with Crippen LogP contribution in [0.3, 0.4) is 0 Å². The summed E-state index contributed by atoms with van der Waals surface area (Å²) in [7, 11) is 0. The Morgan fingerprint density at radius 2 is 2.00 bits per heavy atom. The molecule has 3 nitrogen and oxygen atoms in total. The largest absolute Gasteiger partial charge is 0.326 e. The van der Waals surface area contributed by atoms with Crippen molar-refractivity contribution in [3.8, 4) is 0 Å². The van der Waals surface area contributed by atoms with Gasteiger partial charge in [-0.2, -0.15) is 0 Å². The lowest BCUT2D eigenvalue weighted by molar-refractivity contribution is 0.268. The summed E-state index contributed by atoms with van der Waals surface area (Å²) in [4.78, 5) is 6.89. The van der Waals surface area contributed by atoms with Crippen molar-refractivity contribution in [1.29, 1.82) is 0 Å². The first-order valence-electron chi connectivity index (χ1n) is 7.24. The van der Waals surface area contributed by atoms with Crippen LogP contribution in [-0.4, -0.2) is 16.4 Å². The Bertz CT molecular complexity index is 598. The van der Waals surface area contributed by atoms with Gasteiger partial charge in [0.05, 0.1) is 5.69 Å². The Balaban J connectivity index is 2.08. The molecule has 0 bridgehead atoms. The lowest BCUT2D eigenvalue weighted by Gasteiger charge is -2.21. The van der Waals surface area contributed by atoms with Crippen molar-refractivity contribution in [3.63, 3.8) is 0 Å². The van der Waals surface area contributed by atoms with E-state index in [1.54, 1.807) is 0 Å². The van der Waals surface area contributed by atoms with E-state index in [-0.39, 0.29) is 0 Å². The molecule has 0 saturated heterocycles. The van der Waals surface area contributed by atoms with Gasteiger partial charge in [-0.25, -0.2) is 0 Å². The van der Waals surface area contributed by atoms with Crippen LogP contribution in [0.4, 0.5) is 0 Å². The highest BCUT2D eigenvalue weighted by Crippen LogP contribution is 2.20. The number of pyridine rings is 1. The summed E-state index contributed by atoms with van der Waals surface area (Å²) in [6, 6.07) is 12.2. The van der Waals surface area contributed by atoms with Crippen LogP contribution in [0.5, 0.6) is 0 Å². The Morgan fingerprint density at radius 3 is 2.62 bits per heavy atom. The van der Waals surface area contributed by atoms with E-state index in [0.717, 1.165) is 47.2 Å². The molecule has 0 spiro atoms. The van der Waals surface area contributed by atoms with Crippen molar-refractivity contribution < 1.29 is 0 Å². The van der Waals surface area contributed by atoms with E-state index >= 15 is 0 Å². The summed E-state index contributed by atoms with van der Waals surface area (Å²) in [5.74, 6) is 0. The van der Waals surface area contributed by atoms with Crippen molar-refractivity contribution in [3.05, 3.63) is 63.9 Å². The summed E-state index contributed by atoms with van der Waals surface area (Å²) in [5.41, 5.74) is 9.96. The number of aromatic nitrogens is 1. The molecule has 0 atom stereocenters. The molecule has 112 valence electrons. The van der Waals surface area contributed by atoms with E-state index in [9.17, 15) is 0 Å². The molecule has 0 aliphatic rings. The van der Waals surface area contributed by atoms with Crippen LogP contribution >= 0.6 is 11.6 Å². The quantitative estimate of drug-likeness (QED) is 0.888. The van der Waals surface area contributed by atoms with Gasteiger partial charge in [0.25, 0.3) is 0 Å². The van der Waals surface area contributed by atoms with E-state index in [1.165, 1.54) is 0 Å². The van der Waals surface area contributed by atoms with E-state index in [0.29, 0.717) is 6.54 Å². The lowest BCUT2D eigenvalue weighted by atomic mass is 10.1. The summed E-state index contributed by atoms with van der Waals surface area (Å²) in [6.07, 6.45) is 0. The second-order valence-corrected chi connectivity index (χ2v) is 5.61. The second-order valence-electron chi connectivity index (χ2n) is 5.20. The van der Waals surface area contributed by atoms with Gasteiger partial charge in [0.1, 0.15) is 0 Å². The summed E-state index contributed by atoms with van der Waals surface area (Å²) < 4.78 is 0. The Labute approximate surface area is 131 Å². The lowest BCUT2D eigenvalue weighted by Crippen LogP contribution is -2.23. The predicted octanol–water partition coefficient (Wildman–Crippen LogP) is 3.52. The number of nitrogens with two attached hydrogens (primary N) is 1. The molecular formula is C17H22ClN3. The number of hydrogen-bond donors (Lipinski definition) is 1. The number of nitrogens with zero attached hydrogens (tertiary/aromatic N) is 2. The highest BCUT2D eigenvalue weighted by atomic mass is 35.5. The first-order chi connectivity index (χ1) is 10.1. The third-order valence-corrected chi connectivity index (χ3v) is 3.88. The number of halogens is 1. The van der Waals surface area contributed by atoms with Gasteiger partial charge in [0.15, 0.2) is 0 Å². The van der Waals surface area contributed by atoms with Gasteiger partial charge in [0, 0.05) is 30.4 Å². The molecule has 0 saturated carbocycles. The number of hydrogen-bond acceptors (Lipinski definition) is 3. The standard InChI is InChI=1S/C17H22ClN3/c1-3-21(12-16-6-4-5-13(2)20-16)11-15-8-7-14(10-19)9-17(15)18/h4-9H,3,10-12,19H2,1-2H3. The number of benzene rings is 1. The zero-order chi connectivity index (χ0) is 15.2. The van der Waals surface area contributed by atoms with E-state index in [2.05, 4.69) is 35.0 Å². The van der Waals surface area contributed by atoms with Gasteiger partial charge in [0.2, 0.25) is 0 Å². The average Bonchev–Trinajstić information content (AvgIpc) is 2.48. The second kappa shape index (κ2) is 7.55. The van der Waals surface area contributed by atoms with Gasteiger partial charge in [-0.1, -0.05) is 36.7 Å². The molecule has 0 radical (unpaired) electrons. The van der Waals surface area contributed by atoms with Crippen LogP contribution in [0.15, 0.2) is 36.4 Å². The third-order valence-electron chi connectivity index (χ3n) is 3.53. The molecule has 1 aromatic carbocycles. The molecule has 0 aliphatic carbocycles. The van der Waals surface area contributed by atoms with Crippen molar-refractivity contribution in [2.75, 3.05) is 6.54 Å². The molecule has 0 aliphatic heterocycles. The fraction of sp³-hybridized carbons (Fsp3) is 0.353. The third kappa shape index (κ3) is 4.53.